The zero-order chi connectivity index (χ0) is 6.69. The molecule has 60 valence electrons. The zero-order valence-electron chi connectivity index (χ0n) is 5.88. The Labute approximate surface area is 71.3 Å². The van der Waals surface area contributed by atoms with Crippen LogP contribution in [0.4, 0.5) is 0 Å². The average Bonchev–Trinajstić information content (AvgIpc) is 2.15. The van der Waals surface area contributed by atoms with Crippen molar-refractivity contribution in [3.63, 3.8) is 0 Å². The number of carbonyl (C=O) groups excluding carboxylic acids is 1. The van der Waals surface area contributed by atoms with Gasteiger partial charge in [0.05, 0.1) is 6.54 Å². The molecule has 1 rings (SSSR count). The molecule has 1 heterocycles. The van der Waals surface area contributed by atoms with Gasteiger partial charge >= 0.3 is 0 Å². The third-order valence-corrected chi connectivity index (χ3v) is 1.58. The number of nitrogens with zero attached hydrogens (tertiary/aromatic N) is 1. The van der Waals surface area contributed by atoms with Crippen molar-refractivity contribution < 1.29 is 4.79 Å². The van der Waals surface area contributed by atoms with Crippen LogP contribution in [-0.2, 0) is 4.79 Å². The number of rotatable bonds is 2. The summed E-state index contributed by atoms with van der Waals surface area (Å²) in [4.78, 5) is 12.4. The predicted molar refractivity (Wildman–Crippen MR) is 45.2 cm³/mol. The summed E-state index contributed by atoms with van der Waals surface area (Å²) < 4.78 is 0. The topological polar surface area (TPSA) is 46.3 Å². The molecular weight excluding hydrogens is 196 g/mol. The molecule has 0 aliphatic carbocycles. The maximum Gasteiger partial charge on any atom is 0.231 e. The van der Waals surface area contributed by atoms with E-state index in [0.29, 0.717) is 6.54 Å². The fraction of sp³-hybridized carbons (Fsp3) is 0.833. The van der Waals surface area contributed by atoms with E-state index in [0.717, 1.165) is 13.1 Å². The lowest BCUT2D eigenvalue weighted by Crippen LogP contribution is -2.31. The van der Waals surface area contributed by atoms with E-state index in [4.69, 9.17) is 5.73 Å². The van der Waals surface area contributed by atoms with Crippen LogP contribution in [-0.4, -0.2) is 30.4 Å². The first-order valence-corrected chi connectivity index (χ1v) is 3.30. The van der Waals surface area contributed by atoms with Gasteiger partial charge in [-0.3, -0.25) is 9.69 Å². The highest BCUT2D eigenvalue weighted by molar-refractivity contribution is 8.93. The van der Waals surface area contributed by atoms with Crippen molar-refractivity contribution in [2.45, 2.75) is 12.8 Å². The van der Waals surface area contributed by atoms with Crippen molar-refractivity contribution in [2.75, 3.05) is 19.6 Å². The lowest BCUT2D eigenvalue weighted by Gasteiger charge is -2.09. The standard InChI is InChI=1S/C6H12N2O.BrH/c7-6(9)5-8-3-1-2-4-8;/h1-5H2,(H2,7,9);1H. The molecule has 10 heavy (non-hydrogen) atoms. The maximum atomic E-state index is 10.3. The molecule has 3 nitrogen and oxygen atoms in total. The van der Waals surface area contributed by atoms with Gasteiger partial charge in [0.25, 0.3) is 0 Å². The van der Waals surface area contributed by atoms with Gasteiger partial charge in [-0.15, -0.1) is 17.0 Å². The summed E-state index contributed by atoms with van der Waals surface area (Å²) in [5, 5.41) is 0. The molecular formula is C6H13BrN2O. The van der Waals surface area contributed by atoms with Crippen LogP contribution in [0.1, 0.15) is 12.8 Å². The van der Waals surface area contributed by atoms with Crippen molar-refractivity contribution >= 4 is 22.9 Å². The number of nitrogens with two attached hydrogens (primary N) is 1. The molecule has 0 radical (unpaired) electrons. The Kier molecular flexibility index (Phi) is 4.64. The highest BCUT2D eigenvalue weighted by atomic mass is 79.9. The van der Waals surface area contributed by atoms with Gasteiger partial charge in [0.15, 0.2) is 0 Å². The summed E-state index contributed by atoms with van der Waals surface area (Å²) >= 11 is 0. The molecule has 4 heteroatoms. The summed E-state index contributed by atoms with van der Waals surface area (Å²) in [6.07, 6.45) is 2.43. The van der Waals surface area contributed by atoms with Gasteiger partial charge in [0, 0.05) is 0 Å². The first kappa shape index (κ1) is 9.91. The number of likely N-dealkylation sites (tertiary alicyclic amines) is 1. The first-order valence-electron chi connectivity index (χ1n) is 3.30. The Morgan fingerprint density at radius 1 is 1.40 bits per heavy atom. The highest BCUT2D eigenvalue weighted by Gasteiger charge is 2.12. The third kappa shape index (κ3) is 3.17. The molecule has 0 atom stereocenters. The molecule has 0 aromatic rings. The highest BCUT2D eigenvalue weighted by Crippen LogP contribution is 2.05. The van der Waals surface area contributed by atoms with Crippen molar-refractivity contribution in [1.29, 1.82) is 0 Å². The molecule has 1 amide bonds. The lowest BCUT2D eigenvalue weighted by atomic mass is 10.4. The maximum absolute atomic E-state index is 10.3. The lowest BCUT2D eigenvalue weighted by molar-refractivity contribution is -0.118. The number of hydrogen-bond acceptors (Lipinski definition) is 2. The predicted octanol–water partition coefficient (Wildman–Crippen LogP) is 0.145. The van der Waals surface area contributed by atoms with E-state index < -0.39 is 0 Å². The fourth-order valence-corrected chi connectivity index (χ4v) is 1.16. The molecule has 0 bridgehead atoms. The van der Waals surface area contributed by atoms with Crippen LogP contribution in [0.3, 0.4) is 0 Å². The fourth-order valence-electron chi connectivity index (χ4n) is 1.16. The van der Waals surface area contributed by atoms with Gasteiger partial charge in [-0.2, -0.15) is 0 Å². The number of halogens is 1. The summed E-state index contributed by atoms with van der Waals surface area (Å²) in [6.45, 7) is 2.53. The van der Waals surface area contributed by atoms with Crippen molar-refractivity contribution in [2.24, 2.45) is 5.73 Å². The van der Waals surface area contributed by atoms with Crippen LogP contribution in [0.5, 0.6) is 0 Å². The summed E-state index contributed by atoms with van der Waals surface area (Å²) in [7, 11) is 0. The first-order chi connectivity index (χ1) is 4.29. The number of carbonyl (C=O) groups is 1. The Morgan fingerprint density at radius 2 is 1.90 bits per heavy atom. The third-order valence-electron chi connectivity index (χ3n) is 1.58. The molecule has 2 N–H and O–H groups in total. The smallest absolute Gasteiger partial charge is 0.231 e. The van der Waals surface area contributed by atoms with Gasteiger partial charge in [-0.05, 0) is 25.9 Å². The van der Waals surface area contributed by atoms with Crippen LogP contribution in [0, 0.1) is 0 Å². The largest absolute Gasteiger partial charge is 0.369 e. The molecule has 0 spiro atoms. The van der Waals surface area contributed by atoms with E-state index in [1.54, 1.807) is 0 Å². The molecule has 1 fully saturated rings. The second-order valence-corrected chi connectivity index (χ2v) is 2.45. The Balaban J connectivity index is 0.000000810. The van der Waals surface area contributed by atoms with Crippen LogP contribution < -0.4 is 5.73 Å². The van der Waals surface area contributed by atoms with Crippen molar-refractivity contribution in [1.82, 2.24) is 4.90 Å². The van der Waals surface area contributed by atoms with Gasteiger partial charge < -0.3 is 5.73 Å². The summed E-state index contributed by atoms with van der Waals surface area (Å²) in [6, 6.07) is 0. The van der Waals surface area contributed by atoms with E-state index in [2.05, 4.69) is 4.90 Å². The second-order valence-electron chi connectivity index (χ2n) is 2.45. The Hall–Kier alpha value is -0.0900. The Morgan fingerprint density at radius 3 is 2.30 bits per heavy atom. The monoisotopic (exact) mass is 208 g/mol. The van der Waals surface area contributed by atoms with E-state index in [-0.39, 0.29) is 22.9 Å². The van der Waals surface area contributed by atoms with Crippen LogP contribution in [0.25, 0.3) is 0 Å². The van der Waals surface area contributed by atoms with E-state index in [1.165, 1.54) is 12.8 Å². The number of hydrogen-bond donors (Lipinski definition) is 1. The van der Waals surface area contributed by atoms with Gasteiger partial charge in [-0.1, -0.05) is 0 Å². The van der Waals surface area contributed by atoms with Crippen LogP contribution in [0.2, 0.25) is 0 Å². The second kappa shape index (κ2) is 4.68. The van der Waals surface area contributed by atoms with Gasteiger partial charge in [0.1, 0.15) is 0 Å². The summed E-state index contributed by atoms with van der Waals surface area (Å²) in [5.74, 6) is -0.211. The SMILES string of the molecule is Br.NC(=O)CN1CCCC1. The molecule has 0 saturated carbocycles. The van der Waals surface area contributed by atoms with E-state index in [1.807, 2.05) is 0 Å². The molecule has 1 aliphatic rings. The van der Waals surface area contributed by atoms with Gasteiger partial charge in [0.2, 0.25) is 5.91 Å². The van der Waals surface area contributed by atoms with Crippen molar-refractivity contribution in [3.8, 4) is 0 Å². The zero-order valence-corrected chi connectivity index (χ0v) is 7.59. The number of amides is 1. The molecule has 0 aromatic heterocycles. The van der Waals surface area contributed by atoms with Crippen LogP contribution >= 0.6 is 17.0 Å². The molecule has 1 aliphatic heterocycles. The summed E-state index contributed by atoms with van der Waals surface area (Å²) in [5.41, 5.74) is 4.99. The minimum Gasteiger partial charge on any atom is -0.369 e. The quantitative estimate of drug-likeness (QED) is 0.703. The molecule has 1 saturated heterocycles. The van der Waals surface area contributed by atoms with E-state index >= 15 is 0 Å². The minimum absolute atomic E-state index is 0. The minimum atomic E-state index is -0.211. The van der Waals surface area contributed by atoms with E-state index in [9.17, 15) is 4.79 Å². The molecule has 0 unspecified atom stereocenters. The molecule has 0 aromatic carbocycles. The Bertz CT molecular complexity index is 112. The average molecular weight is 209 g/mol. The normalized spacial score (nSPS) is 18.4. The van der Waals surface area contributed by atoms with Crippen LogP contribution in [0.15, 0.2) is 0 Å². The van der Waals surface area contributed by atoms with Gasteiger partial charge in [-0.25, -0.2) is 0 Å². The number of primary amides is 1. The van der Waals surface area contributed by atoms with Crippen molar-refractivity contribution in [3.05, 3.63) is 0 Å².